The van der Waals surface area contributed by atoms with E-state index in [1.807, 2.05) is 25.1 Å². The van der Waals surface area contributed by atoms with Gasteiger partial charge in [-0.05, 0) is 79.1 Å². The largest absolute Gasteiger partial charge is 0.413 e. The van der Waals surface area contributed by atoms with Crippen molar-refractivity contribution in [2.45, 2.75) is 103 Å². The molecule has 0 spiro atoms. The van der Waals surface area contributed by atoms with Gasteiger partial charge in [-0.1, -0.05) is 65.3 Å². The number of halogens is 1. The van der Waals surface area contributed by atoms with Crippen molar-refractivity contribution in [3.63, 3.8) is 0 Å². The van der Waals surface area contributed by atoms with E-state index in [4.69, 9.17) is 20.5 Å². The second kappa shape index (κ2) is 13.7. The number of carbonyl (C=O) groups excluding carboxylic acids is 2. The lowest BCUT2D eigenvalue weighted by Crippen LogP contribution is -2.55. The molecule has 8 nitrogen and oxygen atoms in total. The number of hydrazine groups is 1. The Balaban J connectivity index is 2.15. The van der Waals surface area contributed by atoms with Gasteiger partial charge in [-0.3, -0.25) is 20.4 Å². The molecule has 2 rings (SSSR count). The first-order valence-electron chi connectivity index (χ1n) is 14.2. The summed E-state index contributed by atoms with van der Waals surface area (Å²) in [5.41, 5.74) is 7.33. The third-order valence-electron chi connectivity index (χ3n) is 8.37. The van der Waals surface area contributed by atoms with Crippen LogP contribution in [0.1, 0.15) is 70.0 Å². The molecule has 2 unspecified atom stereocenters. The molecule has 0 heterocycles. The van der Waals surface area contributed by atoms with Crippen molar-refractivity contribution in [2.75, 3.05) is 5.32 Å². The number of nitriles is 1. The molecule has 0 fully saturated rings. The van der Waals surface area contributed by atoms with Gasteiger partial charge in [0.15, 0.2) is 16.6 Å². The van der Waals surface area contributed by atoms with Gasteiger partial charge in [-0.25, -0.2) is 0 Å². The molecule has 0 radical (unpaired) electrons. The highest BCUT2D eigenvalue weighted by Gasteiger charge is 2.41. The summed E-state index contributed by atoms with van der Waals surface area (Å²) in [7, 11) is -4.13. The lowest BCUT2D eigenvalue weighted by atomic mass is 10.1. The van der Waals surface area contributed by atoms with Gasteiger partial charge in [0.1, 0.15) is 12.1 Å². The van der Waals surface area contributed by atoms with E-state index in [9.17, 15) is 14.9 Å². The van der Waals surface area contributed by atoms with Crippen LogP contribution in [0.3, 0.4) is 0 Å². The Bertz CT molecular complexity index is 1300. The molecule has 0 aliphatic heterocycles. The first-order chi connectivity index (χ1) is 19.2. The Morgan fingerprint density at radius 2 is 1.50 bits per heavy atom. The van der Waals surface area contributed by atoms with Crippen LogP contribution in [0.4, 0.5) is 5.69 Å². The van der Waals surface area contributed by atoms with E-state index in [2.05, 4.69) is 83.9 Å². The fourth-order valence-corrected chi connectivity index (χ4v) is 6.08. The van der Waals surface area contributed by atoms with Crippen molar-refractivity contribution in [1.82, 2.24) is 10.9 Å². The van der Waals surface area contributed by atoms with E-state index >= 15 is 0 Å². The molecule has 0 saturated heterocycles. The summed E-state index contributed by atoms with van der Waals surface area (Å²) in [6.45, 7) is 23.9. The van der Waals surface area contributed by atoms with Gasteiger partial charge in [0.25, 0.3) is 11.8 Å². The monoisotopic (exact) mass is 630 g/mol. The van der Waals surface area contributed by atoms with E-state index in [1.54, 1.807) is 30.3 Å². The number of hydrogen-bond acceptors (Lipinski definition) is 6. The van der Waals surface area contributed by atoms with Gasteiger partial charge >= 0.3 is 0 Å². The number of nitrogens with one attached hydrogen (secondary N) is 3. The molecule has 2 atom stereocenters. The maximum Gasteiger partial charge on any atom is 0.269 e. The van der Waals surface area contributed by atoms with Crippen LogP contribution in [0, 0.1) is 11.3 Å². The van der Waals surface area contributed by atoms with E-state index in [0.29, 0.717) is 23.4 Å². The first-order valence-corrected chi connectivity index (χ1v) is 20.3. The molecule has 2 aromatic rings. The third kappa shape index (κ3) is 9.41. The molecule has 2 amide bonds. The Labute approximate surface area is 258 Å². The zero-order chi connectivity index (χ0) is 32.1. The first kappa shape index (κ1) is 35.5. The predicted octanol–water partition coefficient (Wildman–Crippen LogP) is 7.39. The number of hydrogen-bond donors (Lipinski definition) is 3. The SMILES string of the molecule is CC(O[Si](C)(C)C(C)(C)C)C(Nc1ccc(C#N)c(Cl)c1)C(=O)NNC(=O)c1ccc(CO[Si](C)(C)C(C)(C)C)cc1. The average Bonchev–Trinajstić information content (AvgIpc) is 2.87. The molecule has 0 aromatic heterocycles. The van der Waals surface area contributed by atoms with Crippen LogP contribution in [0.15, 0.2) is 42.5 Å². The van der Waals surface area contributed by atoms with Crippen molar-refractivity contribution in [3.05, 3.63) is 64.2 Å². The van der Waals surface area contributed by atoms with E-state index < -0.39 is 40.6 Å². The number of rotatable bonds is 10. The van der Waals surface area contributed by atoms with Gasteiger partial charge < -0.3 is 14.2 Å². The molecule has 0 saturated carbocycles. The van der Waals surface area contributed by atoms with Gasteiger partial charge in [-0.15, -0.1) is 0 Å². The highest BCUT2D eigenvalue weighted by Crippen LogP contribution is 2.38. The van der Waals surface area contributed by atoms with E-state index in [1.165, 1.54) is 0 Å². The van der Waals surface area contributed by atoms with E-state index in [-0.39, 0.29) is 15.1 Å². The highest BCUT2D eigenvalue weighted by molar-refractivity contribution is 6.74. The summed E-state index contributed by atoms with van der Waals surface area (Å²) in [5, 5.41) is 12.7. The Hall–Kier alpha value is -2.69. The van der Waals surface area contributed by atoms with Gasteiger partial charge in [0, 0.05) is 11.3 Å². The standard InChI is InChI=1S/C31H47ClN4O4Si2/c1-21(40-42(10,11)31(5,6)7)27(34-25-17-16-24(19-33)26(32)18-25)29(38)36-35-28(37)23-14-12-22(13-15-23)20-39-41(8,9)30(2,3)4/h12-18,21,27,34H,20H2,1-11H3,(H,35,37)(H,36,38). The summed E-state index contributed by atoms with van der Waals surface area (Å²) < 4.78 is 12.8. The van der Waals surface area contributed by atoms with Crippen LogP contribution in [-0.2, 0) is 20.3 Å². The van der Waals surface area contributed by atoms with Crippen molar-refractivity contribution < 1.29 is 18.4 Å². The van der Waals surface area contributed by atoms with Gasteiger partial charge in [0.05, 0.1) is 23.3 Å². The minimum absolute atomic E-state index is 0.0733. The Morgan fingerprint density at radius 3 is 2.00 bits per heavy atom. The maximum atomic E-state index is 13.4. The summed E-state index contributed by atoms with van der Waals surface area (Å²) in [6, 6.07) is 13.2. The number of carbonyl (C=O) groups is 2. The number of nitrogens with zero attached hydrogens (tertiary/aromatic N) is 1. The zero-order valence-corrected chi connectivity index (χ0v) is 29.6. The molecule has 11 heteroatoms. The van der Waals surface area contributed by atoms with Crippen molar-refractivity contribution in [2.24, 2.45) is 0 Å². The quantitative estimate of drug-likeness (QED) is 0.186. The molecule has 230 valence electrons. The van der Waals surface area contributed by atoms with Crippen molar-refractivity contribution in [1.29, 1.82) is 5.26 Å². The molecular weight excluding hydrogens is 584 g/mol. The summed E-state index contributed by atoms with van der Waals surface area (Å²) in [6.07, 6.45) is -0.544. The lowest BCUT2D eigenvalue weighted by Gasteiger charge is -2.40. The maximum absolute atomic E-state index is 13.4. The summed E-state index contributed by atoms with van der Waals surface area (Å²) >= 11 is 6.23. The normalized spacial score (nSPS) is 14.0. The highest BCUT2D eigenvalue weighted by atomic mass is 35.5. The molecule has 42 heavy (non-hydrogen) atoms. The van der Waals surface area contributed by atoms with Gasteiger partial charge in [-0.2, -0.15) is 5.26 Å². The van der Waals surface area contributed by atoms with Crippen LogP contribution >= 0.6 is 11.6 Å². The molecule has 3 N–H and O–H groups in total. The van der Waals surface area contributed by atoms with Crippen LogP contribution < -0.4 is 16.2 Å². The molecule has 0 bridgehead atoms. The summed E-state index contributed by atoms with van der Waals surface area (Å²) in [5.74, 6) is -0.923. The predicted molar refractivity (Wildman–Crippen MR) is 175 cm³/mol. The fourth-order valence-electron chi connectivity index (χ4n) is 3.48. The topological polar surface area (TPSA) is 112 Å². The molecule has 0 aliphatic carbocycles. The molecule has 2 aromatic carbocycles. The second-order valence-electron chi connectivity index (χ2n) is 13.7. The van der Waals surface area contributed by atoms with Crippen LogP contribution in [0.25, 0.3) is 0 Å². The zero-order valence-electron chi connectivity index (χ0n) is 26.9. The van der Waals surface area contributed by atoms with Crippen LogP contribution in [-0.4, -0.2) is 40.6 Å². The van der Waals surface area contributed by atoms with Crippen molar-refractivity contribution >= 4 is 45.7 Å². The number of anilines is 1. The average molecular weight is 631 g/mol. The molecule has 0 aliphatic rings. The Morgan fingerprint density at radius 1 is 0.929 bits per heavy atom. The smallest absolute Gasteiger partial charge is 0.269 e. The van der Waals surface area contributed by atoms with E-state index in [0.717, 1.165) is 5.56 Å². The Kier molecular flexibility index (Phi) is 11.6. The minimum atomic E-state index is -2.24. The number of amides is 2. The van der Waals surface area contributed by atoms with Crippen LogP contribution in [0.2, 0.25) is 41.3 Å². The minimum Gasteiger partial charge on any atom is -0.413 e. The lowest BCUT2D eigenvalue weighted by molar-refractivity contribution is -0.124. The summed E-state index contributed by atoms with van der Waals surface area (Å²) in [4.78, 5) is 26.3. The third-order valence-corrected chi connectivity index (χ3v) is 17.7. The second-order valence-corrected chi connectivity index (χ2v) is 23.7. The number of benzene rings is 2. The van der Waals surface area contributed by atoms with Crippen LogP contribution in [0.5, 0.6) is 0 Å². The van der Waals surface area contributed by atoms with Crippen molar-refractivity contribution in [3.8, 4) is 6.07 Å². The fraction of sp³-hybridized carbons (Fsp3) is 0.516. The van der Waals surface area contributed by atoms with Gasteiger partial charge in [0.2, 0.25) is 0 Å². The molecular formula is C31H47ClN4O4Si2.